The number of rotatable bonds is 9. The molecule has 2 aliphatic heterocycles. The molecule has 2 saturated heterocycles. The summed E-state index contributed by atoms with van der Waals surface area (Å²) in [4.78, 5) is 21.6. The summed E-state index contributed by atoms with van der Waals surface area (Å²) in [6, 6.07) is 20.8. The highest BCUT2D eigenvalue weighted by Gasteiger charge is 2.32. The number of piperazine rings is 1. The van der Waals surface area contributed by atoms with E-state index in [0.29, 0.717) is 0 Å². The highest BCUT2D eigenvalue weighted by Crippen LogP contribution is 2.29. The standard InChI is InChI=1S/C31H39ClN4OS2/c1-38-29-10-8-27(39-29)22-35-17-19-36(20-18-35)31(37)30(33)24-11-14-34(15-12-24)16-13-25-21-26(32)7-9-28(25)23-5-3-2-4-6-23/h2-10,21,24,30H,11-20,22,33H2,1H3/t30-/m1/s1. The predicted octanol–water partition coefficient (Wildman–Crippen LogP) is 5.72. The summed E-state index contributed by atoms with van der Waals surface area (Å²) in [5.74, 6) is 0.397. The molecule has 5 rings (SSSR count). The van der Waals surface area contributed by atoms with Crippen LogP contribution in [0.15, 0.2) is 64.9 Å². The number of likely N-dealkylation sites (tertiary alicyclic amines) is 1. The second-order valence-electron chi connectivity index (χ2n) is 10.6. The number of piperidine rings is 1. The van der Waals surface area contributed by atoms with Crippen molar-refractivity contribution >= 4 is 40.6 Å². The van der Waals surface area contributed by atoms with Gasteiger partial charge in [-0.25, -0.2) is 0 Å². The van der Waals surface area contributed by atoms with Crippen LogP contribution in [-0.2, 0) is 17.8 Å². The molecule has 1 aromatic heterocycles. The Balaban J connectivity index is 1.07. The monoisotopic (exact) mass is 582 g/mol. The number of hydrogen-bond donors (Lipinski definition) is 1. The Morgan fingerprint density at radius 1 is 1.00 bits per heavy atom. The van der Waals surface area contributed by atoms with Gasteiger partial charge >= 0.3 is 0 Å². The minimum absolute atomic E-state index is 0.139. The van der Waals surface area contributed by atoms with Gasteiger partial charge in [0.15, 0.2) is 0 Å². The molecule has 1 atom stereocenters. The topological polar surface area (TPSA) is 52.8 Å². The highest BCUT2D eigenvalue weighted by molar-refractivity contribution is 8.00. The van der Waals surface area contributed by atoms with Crippen molar-refractivity contribution in [3.63, 3.8) is 0 Å². The van der Waals surface area contributed by atoms with Gasteiger partial charge in [0.1, 0.15) is 0 Å². The van der Waals surface area contributed by atoms with Gasteiger partial charge in [-0.2, -0.15) is 0 Å². The van der Waals surface area contributed by atoms with E-state index < -0.39 is 6.04 Å². The molecule has 3 aromatic rings. The van der Waals surface area contributed by atoms with E-state index in [1.807, 2.05) is 28.4 Å². The maximum Gasteiger partial charge on any atom is 0.239 e. The maximum absolute atomic E-state index is 13.3. The molecule has 39 heavy (non-hydrogen) atoms. The third-order valence-corrected chi connectivity index (χ3v) is 10.6. The number of amides is 1. The van der Waals surface area contributed by atoms with Crippen molar-refractivity contribution in [1.29, 1.82) is 0 Å². The van der Waals surface area contributed by atoms with E-state index in [9.17, 15) is 4.79 Å². The number of hydrogen-bond acceptors (Lipinski definition) is 6. The Labute approximate surface area is 246 Å². The first-order chi connectivity index (χ1) is 19.0. The SMILES string of the molecule is CSc1ccc(CN2CCN(C(=O)[C@H](N)C3CCN(CCc4cc(Cl)ccc4-c4ccccc4)CC3)CC2)s1. The lowest BCUT2D eigenvalue weighted by Gasteiger charge is -2.39. The van der Waals surface area contributed by atoms with E-state index >= 15 is 0 Å². The summed E-state index contributed by atoms with van der Waals surface area (Å²) in [6.07, 6.45) is 5.03. The van der Waals surface area contributed by atoms with Crippen LogP contribution in [0.4, 0.5) is 0 Å². The van der Waals surface area contributed by atoms with E-state index in [1.54, 1.807) is 11.8 Å². The third-order valence-electron chi connectivity index (χ3n) is 8.18. The second-order valence-corrected chi connectivity index (χ2v) is 13.4. The van der Waals surface area contributed by atoms with Crippen molar-refractivity contribution in [3.05, 3.63) is 76.1 Å². The molecule has 0 bridgehead atoms. The predicted molar refractivity (Wildman–Crippen MR) is 166 cm³/mol. The zero-order valence-electron chi connectivity index (χ0n) is 22.7. The summed E-state index contributed by atoms with van der Waals surface area (Å²) in [7, 11) is 0. The van der Waals surface area contributed by atoms with Gasteiger partial charge in [-0.05, 0) is 85.5 Å². The lowest BCUT2D eigenvalue weighted by molar-refractivity contribution is -0.136. The van der Waals surface area contributed by atoms with E-state index in [1.165, 1.54) is 25.8 Å². The van der Waals surface area contributed by atoms with Crippen molar-refractivity contribution in [2.75, 3.05) is 52.1 Å². The van der Waals surface area contributed by atoms with E-state index in [4.69, 9.17) is 17.3 Å². The minimum atomic E-state index is -0.391. The van der Waals surface area contributed by atoms with Crippen LogP contribution < -0.4 is 5.73 Å². The fourth-order valence-electron chi connectivity index (χ4n) is 5.79. The van der Waals surface area contributed by atoms with Crippen LogP contribution in [0.25, 0.3) is 11.1 Å². The van der Waals surface area contributed by atoms with Crippen LogP contribution in [0.3, 0.4) is 0 Å². The van der Waals surface area contributed by atoms with Gasteiger partial charge in [-0.15, -0.1) is 23.1 Å². The summed E-state index contributed by atoms with van der Waals surface area (Å²) < 4.78 is 1.36. The number of thiophene rings is 1. The van der Waals surface area contributed by atoms with E-state index in [-0.39, 0.29) is 11.8 Å². The van der Waals surface area contributed by atoms with E-state index in [0.717, 1.165) is 76.6 Å². The number of nitrogens with zero attached hydrogens (tertiary/aromatic N) is 3. The minimum Gasteiger partial charge on any atom is -0.339 e. The van der Waals surface area contributed by atoms with Crippen LogP contribution in [0, 0.1) is 5.92 Å². The molecule has 2 aromatic carbocycles. The zero-order chi connectivity index (χ0) is 27.2. The molecule has 0 radical (unpaired) electrons. The van der Waals surface area contributed by atoms with Gasteiger partial charge in [0.2, 0.25) is 5.91 Å². The lowest BCUT2D eigenvalue weighted by atomic mass is 9.88. The molecule has 0 saturated carbocycles. The molecule has 2 fully saturated rings. The van der Waals surface area contributed by atoms with Crippen LogP contribution in [0.5, 0.6) is 0 Å². The first-order valence-corrected chi connectivity index (χ1v) is 16.4. The van der Waals surface area contributed by atoms with Gasteiger partial charge in [0.05, 0.1) is 10.3 Å². The number of carbonyl (C=O) groups is 1. The molecule has 0 unspecified atom stereocenters. The molecular weight excluding hydrogens is 544 g/mol. The third kappa shape index (κ3) is 7.46. The number of halogens is 1. The fraction of sp³-hybridized carbons (Fsp3) is 0.452. The molecule has 5 nitrogen and oxygen atoms in total. The number of thioether (sulfide) groups is 1. The molecule has 1 amide bonds. The molecule has 0 aliphatic carbocycles. The van der Waals surface area contributed by atoms with Gasteiger partial charge < -0.3 is 15.5 Å². The Morgan fingerprint density at radius 2 is 1.74 bits per heavy atom. The average Bonchev–Trinajstić information content (AvgIpc) is 3.44. The van der Waals surface area contributed by atoms with Gasteiger partial charge in [-0.1, -0.05) is 48.0 Å². The number of nitrogens with two attached hydrogens (primary N) is 1. The largest absolute Gasteiger partial charge is 0.339 e. The quantitative estimate of drug-likeness (QED) is 0.327. The zero-order valence-corrected chi connectivity index (χ0v) is 25.1. The molecular formula is C31H39ClN4OS2. The smallest absolute Gasteiger partial charge is 0.239 e. The van der Waals surface area contributed by atoms with Crippen LogP contribution in [0.1, 0.15) is 23.3 Å². The average molecular weight is 583 g/mol. The van der Waals surface area contributed by atoms with Crippen molar-refractivity contribution in [2.24, 2.45) is 11.7 Å². The molecule has 2 aliphatic rings. The van der Waals surface area contributed by atoms with Gasteiger partial charge in [0, 0.05) is 49.2 Å². The Kier molecular flexibility index (Phi) is 10.0. The molecule has 3 heterocycles. The first-order valence-electron chi connectivity index (χ1n) is 14.0. The Morgan fingerprint density at radius 3 is 2.44 bits per heavy atom. The van der Waals surface area contributed by atoms with Crippen LogP contribution in [0.2, 0.25) is 5.02 Å². The van der Waals surface area contributed by atoms with Crippen molar-refractivity contribution < 1.29 is 4.79 Å². The Hall–Kier alpha value is -1.87. The van der Waals surface area contributed by atoms with Crippen molar-refractivity contribution in [3.8, 4) is 11.1 Å². The first kappa shape index (κ1) is 28.7. The Bertz CT molecular complexity index is 1220. The molecule has 208 valence electrons. The van der Waals surface area contributed by atoms with Crippen molar-refractivity contribution in [2.45, 2.75) is 36.1 Å². The number of carbonyl (C=O) groups excluding carboxylic acids is 1. The molecule has 0 spiro atoms. The molecule has 8 heteroatoms. The van der Waals surface area contributed by atoms with E-state index in [2.05, 4.69) is 64.6 Å². The summed E-state index contributed by atoms with van der Waals surface area (Å²) >= 11 is 10.0. The van der Waals surface area contributed by atoms with Crippen molar-refractivity contribution in [1.82, 2.24) is 14.7 Å². The lowest BCUT2D eigenvalue weighted by Crippen LogP contribution is -2.55. The summed E-state index contributed by atoms with van der Waals surface area (Å²) in [5, 5.41) is 0.782. The highest BCUT2D eigenvalue weighted by atomic mass is 35.5. The van der Waals surface area contributed by atoms with Gasteiger partial charge in [0.25, 0.3) is 0 Å². The molecule has 2 N–H and O–H groups in total. The normalized spacial score (nSPS) is 18.4. The second kappa shape index (κ2) is 13.7. The van der Waals surface area contributed by atoms with Gasteiger partial charge in [-0.3, -0.25) is 9.69 Å². The van der Waals surface area contributed by atoms with Crippen LogP contribution >= 0.6 is 34.7 Å². The fourth-order valence-corrected chi connectivity index (χ4v) is 7.63. The van der Waals surface area contributed by atoms with Crippen LogP contribution in [-0.4, -0.2) is 78.7 Å². The number of benzene rings is 2. The maximum atomic E-state index is 13.3. The summed E-state index contributed by atoms with van der Waals surface area (Å²) in [5.41, 5.74) is 10.3. The summed E-state index contributed by atoms with van der Waals surface area (Å²) in [6.45, 7) is 7.31.